The second-order valence-corrected chi connectivity index (χ2v) is 3.31. The molecule has 0 bridgehead atoms. The Morgan fingerprint density at radius 2 is 1.86 bits per heavy atom. The highest BCUT2D eigenvalue weighted by molar-refractivity contribution is 7.94. The largest absolute Gasteiger partial charge is 0.390 e. The van der Waals surface area contributed by atoms with Crippen LogP contribution in [-0.2, 0) is 9.84 Å². The van der Waals surface area contributed by atoms with Gasteiger partial charge in [0.05, 0.1) is 0 Å². The normalized spacial score (nSPS) is 11.0. The molecular formula is C3H7NO2S. The van der Waals surface area contributed by atoms with E-state index in [1.165, 1.54) is 0 Å². The van der Waals surface area contributed by atoms with Crippen molar-refractivity contribution in [2.45, 2.75) is 0 Å². The maximum atomic E-state index is 10.1. The van der Waals surface area contributed by atoms with Crippen molar-refractivity contribution in [2.24, 2.45) is 5.73 Å². The summed E-state index contributed by atoms with van der Waals surface area (Å²) in [6, 6.07) is 0. The van der Waals surface area contributed by atoms with E-state index >= 15 is 0 Å². The van der Waals surface area contributed by atoms with E-state index in [0.29, 0.717) is 0 Å². The molecule has 0 radical (unpaired) electrons. The number of sulfone groups is 1. The van der Waals surface area contributed by atoms with Crippen LogP contribution in [0, 0.1) is 0 Å². The Morgan fingerprint density at radius 3 is 1.86 bits per heavy atom. The third kappa shape index (κ3) is 2.22. The lowest BCUT2D eigenvalue weighted by molar-refractivity contribution is 0.607. The summed E-state index contributed by atoms with van der Waals surface area (Å²) in [7, 11) is -3.16. The van der Waals surface area contributed by atoms with Crippen molar-refractivity contribution in [3.8, 4) is 0 Å². The average molecular weight is 121 g/mol. The molecule has 7 heavy (non-hydrogen) atoms. The van der Waals surface area contributed by atoms with Crippen LogP contribution in [-0.4, -0.2) is 14.7 Å². The lowest BCUT2D eigenvalue weighted by Crippen LogP contribution is -2.07. The van der Waals surface area contributed by atoms with Gasteiger partial charge in [-0.1, -0.05) is 6.58 Å². The molecule has 0 heterocycles. The van der Waals surface area contributed by atoms with Crippen molar-refractivity contribution in [2.75, 3.05) is 6.26 Å². The minimum absolute atomic E-state index is 0.285. The van der Waals surface area contributed by atoms with Gasteiger partial charge in [-0.2, -0.15) is 0 Å². The zero-order valence-corrected chi connectivity index (χ0v) is 4.83. The van der Waals surface area contributed by atoms with Gasteiger partial charge in [0.15, 0.2) is 9.84 Å². The Hall–Kier alpha value is -0.510. The van der Waals surface area contributed by atoms with Gasteiger partial charge in [-0.05, 0) is 0 Å². The van der Waals surface area contributed by atoms with Gasteiger partial charge in [0, 0.05) is 6.26 Å². The molecule has 0 rings (SSSR count). The molecule has 0 atom stereocenters. The van der Waals surface area contributed by atoms with Crippen molar-refractivity contribution in [3.63, 3.8) is 0 Å². The van der Waals surface area contributed by atoms with Gasteiger partial charge >= 0.3 is 0 Å². The topological polar surface area (TPSA) is 60.2 Å². The molecule has 4 heteroatoms. The monoisotopic (exact) mass is 121 g/mol. The van der Waals surface area contributed by atoms with Crippen LogP contribution in [0.15, 0.2) is 11.6 Å². The van der Waals surface area contributed by atoms with Crippen LogP contribution in [0.4, 0.5) is 0 Å². The van der Waals surface area contributed by atoms with Crippen LogP contribution in [0.3, 0.4) is 0 Å². The van der Waals surface area contributed by atoms with E-state index in [4.69, 9.17) is 5.73 Å². The summed E-state index contributed by atoms with van der Waals surface area (Å²) in [4.78, 5) is 0. The zero-order chi connectivity index (χ0) is 6.08. The maximum Gasteiger partial charge on any atom is 0.189 e. The second kappa shape index (κ2) is 1.54. The first kappa shape index (κ1) is 6.49. The minimum Gasteiger partial charge on any atom is -0.390 e. The number of hydrogen-bond acceptors (Lipinski definition) is 3. The molecule has 0 fully saturated rings. The second-order valence-electron chi connectivity index (χ2n) is 1.24. The maximum absolute atomic E-state index is 10.1. The van der Waals surface area contributed by atoms with Crippen molar-refractivity contribution >= 4 is 9.84 Å². The average Bonchev–Trinajstić information content (AvgIpc) is 1.31. The SMILES string of the molecule is C=C(N)S(C)(=O)=O. The van der Waals surface area contributed by atoms with Crippen molar-refractivity contribution in [3.05, 3.63) is 11.6 Å². The number of hydrogen-bond donors (Lipinski definition) is 1. The quantitative estimate of drug-likeness (QED) is 0.507. The third-order valence-electron chi connectivity index (χ3n) is 0.476. The number of nitrogens with two attached hydrogens (primary N) is 1. The summed E-state index contributed by atoms with van der Waals surface area (Å²) >= 11 is 0. The predicted molar refractivity (Wildman–Crippen MR) is 28.2 cm³/mol. The van der Waals surface area contributed by atoms with E-state index in [1.54, 1.807) is 0 Å². The Balaban J connectivity index is 4.43. The fraction of sp³-hybridized carbons (Fsp3) is 0.333. The molecule has 0 aromatic heterocycles. The molecule has 42 valence electrons. The highest BCUT2D eigenvalue weighted by Gasteiger charge is 1.99. The molecular weight excluding hydrogens is 114 g/mol. The molecule has 0 aromatic rings. The Labute approximate surface area is 42.7 Å². The van der Waals surface area contributed by atoms with Crippen molar-refractivity contribution < 1.29 is 8.42 Å². The Bertz CT molecular complexity index is 167. The predicted octanol–water partition coefficient (Wildman–Crippen LogP) is -0.539. The lowest BCUT2D eigenvalue weighted by Gasteiger charge is -1.88. The molecule has 0 aliphatic rings. The highest BCUT2D eigenvalue weighted by atomic mass is 32.2. The third-order valence-corrected chi connectivity index (χ3v) is 1.43. The lowest BCUT2D eigenvalue weighted by atomic mass is 11.1. The van der Waals surface area contributed by atoms with Gasteiger partial charge < -0.3 is 5.73 Å². The summed E-state index contributed by atoms with van der Waals surface area (Å²) in [6.07, 6.45) is 1.01. The fourth-order valence-electron chi connectivity index (χ4n) is 0. The van der Waals surface area contributed by atoms with E-state index < -0.39 is 9.84 Å². The molecule has 0 saturated carbocycles. The first-order valence-electron chi connectivity index (χ1n) is 1.59. The standard InChI is InChI=1S/C3H7NO2S/c1-3(4)7(2,5)6/h1,4H2,2H3. The summed E-state index contributed by atoms with van der Waals surface area (Å²) in [5.74, 6) is 0. The molecule has 0 aromatic carbocycles. The first-order chi connectivity index (χ1) is 2.94. The van der Waals surface area contributed by atoms with Gasteiger partial charge in [0.1, 0.15) is 5.03 Å². The molecule has 0 spiro atoms. The summed E-state index contributed by atoms with van der Waals surface area (Å²) in [5.41, 5.74) is 4.79. The van der Waals surface area contributed by atoms with E-state index in [-0.39, 0.29) is 5.03 Å². The van der Waals surface area contributed by atoms with Gasteiger partial charge in [0.2, 0.25) is 0 Å². The van der Waals surface area contributed by atoms with Gasteiger partial charge in [-0.15, -0.1) is 0 Å². The van der Waals surface area contributed by atoms with E-state index in [2.05, 4.69) is 6.58 Å². The summed E-state index contributed by atoms with van der Waals surface area (Å²) in [5, 5.41) is -0.285. The molecule has 0 unspecified atom stereocenters. The van der Waals surface area contributed by atoms with Crippen LogP contribution in [0.2, 0.25) is 0 Å². The van der Waals surface area contributed by atoms with Gasteiger partial charge in [0.25, 0.3) is 0 Å². The van der Waals surface area contributed by atoms with Crippen LogP contribution in [0.1, 0.15) is 0 Å². The highest BCUT2D eigenvalue weighted by Crippen LogP contribution is 1.87. The summed E-state index contributed by atoms with van der Waals surface area (Å²) < 4.78 is 20.2. The zero-order valence-electron chi connectivity index (χ0n) is 4.01. The van der Waals surface area contributed by atoms with E-state index in [0.717, 1.165) is 6.26 Å². The molecule has 3 nitrogen and oxygen atoms in total. The van der Waals surface area contributed by atoms with Crippen LogP contribution in [0.5, 0.6) is 0 Å². The van der Waals surface area contributed by atoms with Gasteiger partial charge in [-0.25, -0.2) is 8.42 Å². The smallest absolute Gasteiger partial charge is 0.189 e. The Morgan fingerprint density at radius 1 is 1.71 bits per heavy atom. The Kier molecular flexibility index (Phi) is 1.42. The minimum atomic E-state index is -3.16. The van der Waals surface area contributed by atoms with Crippen molar-refractivity contribution in [1.82, 2.24) is 0 Å². The molecule has 0 saturated heterocycles. The number of rotatable bonds is 1. The molecule has 2 N–H and O–H groups in total. The van der Waals surface area contributed by atoms with Crippen LogP contribution < -0.4 is 5.73 Å². The van der Waals surface area contributed by atoms with Crippen molar-refractivity contribution in [1.29, 1.82) is 0 Å². The molecule has 0 amide bonds. The first-order valence-corrected chi connectivity index (χ1v) is 3.48. The fourth-order valence-corrected chi connectivity index (χ4v) is 0. The molecule has 0 aliphatic heterocycles. The van der Waals surface area contributed by atoms with Crippen LogP contribution >= 0.6 is 0 Å². The van der Waals surface area contributed by atoms with E-state index in [9.17, 15) is 8.42 Å². The molecule has 0 aliphatic carbocycles. The van der Waals surface area contributed by atoms with E-state index in [1.807, 2.05) is 0 Å². The van der Waals surface area contributed by atoms with Crippen LogP contribution in [0.25, 0.3) is 0 Å². The summed E-state index contributed by atoms with van der Waals surface area (Å²) in [6.45, 7) is 3.02. The van der Waals surface area contributed by atoms with Gasteiger partial charge in [-0.3, -0.25) is 0 Å².